The molecule has 0 amide bonds. The molecule has 0 aliphatic rings. The molecule has 102 valence electrons. The number of aliphatic imine (C=N–C) groups is 1. The van der Waals surface area contributed by atoms with Gasteiger partial charge in [0.2, 0.25) is 0 Å². The number of nitrogens with zero attached hydrogens (tertiary/aromatic N) is 2. The minimum Gasteiger partial charge on any atom is -0.507 e. The molecule has 20 heavy (non-hydrogen) atoms. The van der Waals surface area contributed by atoms with Crippen LogP contribution in [0.5, 0.6) is 11.5 Å². The van der Waals surface area contributed by atoms with Gasteiger partial charge in [-0.3, -0.25) is 15.1 Å². The maximum absolute atomic E-state index is 10.7. The molecule has 0 atom stereocenters. The number of halogens is 1. The Labute approximate surface area is 118 Å². The monoisotopic (exact) mass is 292 g/mol. The van der Waals surface area contributed by atoms with Crippen molar-refractivity contribution in [2.24, 2.45) is 4.99 Å². The molecule has 0 aromatic heterocycles. The Balaban J connectivity index is 2.38. The number of phenolic OH excluding ortho intramolecular Hbond substituents is 2. The molecule has 0 bridgehead atoms. The summed E-state index contributed by atoms with van der Waals surface area (Å²) in [4.78, 5) is 14.0. The Kier molecular flexibility index (Phi) is 3.86. The van der Waals surface area contributed by atoms with E-state index in [0.717, 1.165) is 6.07 Å². The number of nitro groups is 1. The second-order valence-corrected chi connectivity index (χ2v) is 4.33. The minimum atomic E-state index is -0.588. The molecule has 0 unspecified atom stereocenters. The largest absolute Gasteiger partial charge is 0.507 e. The zero-order chi connectivity index (χ0) is 14.7. The van der Waals surface area contributed by atoms with Crippen LogP contribution in [0.15, 0.2) is 41.4 Å². The minimum absolute atomic E-state index is 0.0265. The van der Waals surface area contributed by atoms with E-state index in [-0.39, 0.29) is 22.9 Å². The Bertz CT molecular complexity index is 701. The molecule has 0 aliphatic carbocycles. The van der Waals surface area contributed by atoms with Crippen molar-refractivity contribution in [3.63, 3.8) is 0 Å². The van der Waals surface area contributed by atoms with Crippen molar-refractivity contribution < 1.29 is 15.1 Å². The van der Waals surface area contributed by atoms with Gasteiger partial charge in [0.1, 0.15) is 17.2 Å². The van der Waals surface area contributed by atoms with E-state index in [4.69, 9.17) is 11.6 Å². The van der Waals surface area contributed by atoms with E-state index >= 15 is 0 Å². The standard InChI is InChI=1S/C13H9ClN2O4/c14-9-1-3-12(17)8(5-9)7-15-11-6-10(16(19)20)2-4-13(11)18/h1-7,17-18H. The lowest BCUT2D eigenvalue weighted by Gasteiger charge is -2.01. The van der Waals surface area contributed by atoms with Gasteiger partial charge in [-0.15, -0.1) is 0 Å². The van der Waals surface area contributed by atoms with E-state index in [1.54, 1.807) is 0 Å². The molecular formula is C13H9ClN2O4. The van der Waals surface area contributed by atoms with Gasteiger partial charge < -0.3 is 10.2 Å². The smallest absolute Gasteiger partial charge is 0.271 e. The van der Waals surface area contributed by atoms with Crippen molar-refractivity contribution >= 4 is 29.2 Å². The summed E-state index contributed by atoms with van der Waals surface area (Å²) in [6.07, 6.45) is 1.26. The van der Waals surface area contributed by atoms with E-state index in [1.165, 1.54) is 36.5 Å². The van der Waals surface area contributed by atoms with Gasteiger partial charge in [0.05, 0.1) is 4.92 Å². The highest BCUT2D eigenvalue weighted by molar-refractivity contribution is 6.30. The van der Waals surface area contributed by atoms with Gasteiger partial charge in [-0.1, -0.05) is 11.6 Å². The van der Waals surface area contributed by atoms with Crippen molar-refractivity contribution in [2.45, 2.75) is 0 Å². The number of benzene rings is 2. The predicted octanol–water partition coefficient (Wildman–Crippen LogP) is 3.41. The van der Waals surface area contributed by atoms with Gasteiger partial charge in [0.25, 0.3) is 5.69 Å². The first-order valence-electron chi connectivity index (χ1n) is 5.47. The molecule has 0 fully saturated rings. The number of phenols is 2. The molecule has 0 radical (unpaired) electrons. The fraction of sp³-hybridized carbons (Fsp3) is 0. The van der Waals surface area contributed by atoms with Gasteiger partial charge in [-0.2, -0.15) is 0 Å². The maximum Gasteiger partial charge on any atom is 0.271 e. The van der Waals surface area contributed by atoms with Crippen LogP contribution < -0.4 is 0 Å². The summed E-state index contributed by atoms with van der Waals surface area (Å²) in [5.41, 5.74) is 0.173. The first-order valence-corrected chi connectivity index (χ1v) is 5.85. The van der Waals surface area contributed by atoms with E-state index in [1.807, 2.05) is 0 Å². The van der Waals surface area contributed by atoms with Crippen LogP contribution >= 0.6 is 11.6 Å². The molecule has 7 heteroatoms. The summed E-state index contributed by atoms with van der Waals surface area (Å²) in [6, 6.07) is 7.88. The lowest BCUT2D eigenvalue weighted by atomic mass is 10.2. The quantitative estimate of drug-likeness (QED) is 0.515. The number of rotatable bonds is 3. The fourth-order valence-corrected chi connectivity index (χ4v) is 1.68. The third-order valence-corrected chi connectivity index (χ3v) is 2.74. The lowest BCUT2D eigenvalue weighted by Crippen LogP contribution is -1.87. The van der Waals surface area contributed by atoms with Crippen molar-refractivity contribution in [3.05, 3.63) is 57.1 Å². The summed E-state index contributed by atoms with van der Waals surface area (Å²) in [5, 5.41) is 30.3. The van der Waals surface area contributed by atoms with Crippen LogP contribution in [0.25, 0.3) is 0 Å². The molecular weight excluding hydrogens is 284 g/mol. The van der Waals surface area contributed by atoms with Crippen LogP contribution in [0.2, 0.25) is 5.02 Å². The lowest BCUT2D eigenvalue weighted by molar-refractivity contribution is -0.384. The van der Waals surface area contributed by atoms with Crippen molar-refractivity contribution in [1.82, 2.24) is 0 Å². The third kappa shape index (κ3) is 3.04. The predicted molar refractivity (Wildman–Crippen MR) is 75.1 cm³/mol. The molecule has 2 rings (SSSR count). The third-order valence-electron chi connectivity index (χ3n) is 2.50. The van der Waals surface area contributed by atoms with Gasteiger partial charge >= 0.3 is 0 Å². The van der Waals surface area contributed by atoms with E-state index in [2.05, 4.69) is 4.99 Å². The Morgan fingerprint density at radius 1 is 1.15 bits per heavy atom. The van der Waals surface area contributed by atoms with Gasteiger partial charge in [0, 0.05) is 28.9 Å². The average Bonchev–Trinajstić information content (AvgIpc) is 2.41. The van der Waals surface area contributed by atoms with Crippen LogP contribution in [0.1, 0.15) is 5.56 Å². The van der Waals surface area contributed by atoms with Crippen molar-refractivity contribution in [2.75, 3.05) is 0 Å². The van der Waals surface area contributed by atoms with E-state index < -0.39 is 4.92 Å². The maximum atomic E-state index is 10.7. The van der Waals surface area contributed by atoms with Crippen molar-refractivity contribution in [3.8, 4) is 11.5 Å². The zero-order valence-corrected chi connectivity index (χ0v) is 10.8. The van der Waals surface area contributed by atoms with Gasteiger partial charge in [-0.25, -0.2) is 0 Å². The normalized spacial score (nSPS) is 10.8. The van der Waals surface area contributed by atoms with E-state index in [0.29, 0.717) is 10.6 Å². The second kappa shape index (κ2) is 5.58. The van der Waals surface area contributed by atoms with Gasteiger partial charge in [-0.05, 0) is 24.3 Å². The molecule has 2 aromatic rings. The number of hydrogen-bond donors (Lipinski definition) is 2. The number of non-ortho nitro benzene ring substituents is 1. The fourth-order valence-electron chi connectivity index (χ4n) is 1.50. The summed E-state index contributed by atoms with van der Waals surface area (Å²) in [6.45, 7) is 0. The first kappa shape index (κ1) is 13.8. The Morgan fingerprint density at radius 3 is 2.55 bits per heavy atom. The first-order chi connectivity index (χ1) is 9.47. The second-order valence-electron chi connectivity index (χ2n) is 3.89. The molecule has 0 saturated heterocycles. The summed E-state index contributed by atoms with van der Waals surface area (Å²) >= 11 is 5.79. The molecule has 0 spiro atoms. The molecule has 0 aliphatic heterocycles. The average molecular weight is 293 g/mol. The highest BCUT2D eigenvalue weighted by atomic mass is 35.5. The van der Waals surface area contributed by atoms with Crippen LogP contribution in [-0.4, -0.2) is 21.4 Å². The number of hydrogen-bond acceptors (Lipinski definition) is 5. The molecule has 0 heterocycles. The zero-order valence-electron chi connectivity index (χ0n) is 10.0. The Hall–Kier alpha value is -2.60. The number of nitro benzene ring substituents is 1. The molecule has 6 nitrogen and oxygen atoms in total. The molecule has 2 N–H and O–H groups in total. The van der Waals surface area contributed by atoms with Gasteiger partial charge in [0.15, 0.2) is 0 Å². The SMILES string of the molecule is O=[N+]([O-])c1ccc(O)c(N=Cc2cc(Cl)ccc2O)c1. The van der Waals surface area contributed by atoms with Crippen LogP contribution in [0.4, 0.5) is 11.4 Å². The van der Waals surface area contributed by atoms with Crippen LogP contribution in [0.3, 0.4) is 0 Å². The van der Waals surface area contributed by atoms with Crippen LogP contribution in [0, 0.1) is 10.1 Å². The summed E-state index contributed by atoms with van der Waals surface area (Å²) in [5.74, 6) is -0.239. The molecule has 2 aromatic carbocycles. The Morgan fingerprint density at radius 2 is 1.85 bits per heavy atom. The number of aromatic hydroxyl groups is 2. The molecule has 0 saturated carbocycles. The highest BCUT2D eigenvalue weighted by Gasteiger charge is 2.09. The highest BCUT2D eigenvalue weighted by Crippen LogP contribution is 2.30. The summed E-state index contributed by atoms with van der Waals surface area (Å²) < 4.78 is 0. The van der Waals surface area contributed by atoms with Crippen LogP contribution in [-0.2, 0) is 0 Å². The van der Waals surface area contributed by atoms with Crippen molar-refractivity contribution in [1.29, 1.82) is 0 Å². The topological polar surface area (TPSA) is 96.0 Å². The van der Waals surface area contributed by atoms with E-state index in [9.17, 15) is 20.3 Å². The summed E-state index contributed by atoms with van der Waals surface area (Å²) in [7, 11) is 0.